The van der Waals surface area contributed by atoms with E-state index in [0.717, 1.165) is 11.8 Å². The van der Waals surface area contributed by atoms with Gasteiger partial charge in [-0.25, -0.2) is 0 Å². The second-order valence-electron chi connectivity index (χ2n) is 2.90. The third kappa shape index (κ3) is 0.902. The molecule has 0 aliphatic heterocycles. The average molecular weight is 97.2 g/mol. The minimum Gasteiger partial charge on any atom is -0.0580 e. The summed E-state index contributed by atoms with van der Waals surface area (Å²) in [6, 6.07) is 0. The summed E-state index contributed by atoms with van der Waals surface area (Å²) >= 11 is 0. The second-order valence-corrected chi connectivity index (χ2v) is 2.90. The maximum Gasteiger partial charge on any atom is 0.103 e. The van der Waals surface area contributed by atoms with E-state index in [-0.39, 0.29) is 0 Å². The summed E-state index contributed by atoms with van der Waals surface area (Å²) in [6.45, 7) is 6.78. The first-order chi connectivity index (χ1) is 3.22. The summed E-state index contributed by atoms with van der Waals surface area (Å²) in [5, 5.41) is 0. The van der Waals surface area contributed by atoms with Crippen LogP contribution in [0, 0.1) is 17.8 Å². The van der Waals surface area contributed by atoms with Gasteiger partial charge in [-0.2, -0.15) is 0 Å². The second kappa shape index (κ2) is 1.43. The minimum atomic E-state index is 0.986. The van der Waals surface area contributed by atoms with Crippen LogP contribution in [0.25, 0.3) is 0 Å². The summed E-state index contributed by atoms with van der Waals surface area (Å²) in [4.78, 5) is 0. The fourth-order valence-electron chi connectivity index (χ4n) is 1.13. The highest BCUT2D eigenvalue weighted by molar-refractivity contribution is 5.00. The predicted molar refractivity (Wildman–Crippen MR) is 31.9 cm³/mol. The van der Waals surface area contributed by atoms with E-state index in [9.17, 15) is 0 Å². The molecule has 7 heavy (non-hydrogen) atoms. The molecular weight excluding hydrogens is 84.1 g/mol. The van der Waals surface area contributed by atoms with E-state index in [0.29, 0.717) is 0 Å². The van der Waals surface area contributed by atoms with Crippen molar-refractivity contribution in [1.82, 2.24) is 0 Å². The quantitative estimate of drug-likeness (QED) is 0.440. The topological polar surface area (TPSA) is 0 Å². The lowest BCUT2D eigenvalue weighted by Gasteiger charge is -1.84. The zero-order valence-corrected chi connectivity index (χ0v) is 5.36. The Bertz CT molecular complexity index is 64.4. The molecule has 0 aromatic heterocycles. The zero-order valence-electron chi connectivity index (χ0n) is 5.36. The molecule has 0 heterocycles. The minimum absolute atomic E-state index is 0.986. The lowest BCUT2D eigenvalue weighted by molar-refractivity contribution is 0.763. The maximum absolute atomic E-state index is 2.32. The smallest absolute Gasteiger partial charge is 0.0580 e. The fraction of sp³-hybridized carbons (Fsp3) is 0.857. The fourth-order valence-corrected chi connectivity index (χ4v) is 1.13. The molecule has 1 aliphatic rings. The van der Waals surface area contributed by atoms with Crippen molar-refractivity contribution in [3.8, 4) is 0 Å². The largest absolute Gasteiger partial charge is 0.103 e. The van der Waals surface area contributed by atoms with Gasteiger partial charge in [0.05, 0.1) is 19.8 Å². The Morgan fingerprint density at radius 3 is 1.86 bits per heavy atom. The molecule has 1 fully saturated rings. The van der Waals surface area contributed by atoms with E-state index in [1.807, 2.05) is 0 Å². The van der Waals surface area contributed by atoms with Gasteiger partial charge in [-0.05, 0) is 6.42 Å². The predicted octanol–water partition coefficient (Wildman–Crippen LogP) is 2.26. The van der Waals surface area contributed by atoms with Crippen LogP contribution in [0.15, 0.2) is 0 Å². The first kappa shape index (κ1) is 5.02. The Morgan fingerprint density at radius 2 is 1.86 bits per heavy atom. The van der Waals surface area contributed by atoms with Crippen LogP contribution < -0.4 is 0 Å². The van der Waals surface area contributed by atoms with Crippen LogP contribution in [0.4, 0.5) is 0 Å². The molecule has 40 valence electrons. The van der Waals surface area contributed by atoms with Gasteiger partial charge < -0.3 is 0 Å². The first-order valence-corrected chi connectivity index (χ1v) is 3.02. The highest BCUT2D eigenvalue weighted by atomic mass is 14.4. The molecule has 0 spiro atoms. The lowest BCUT2D eigenvalue weighted by Crippen LogP contribution is -1.86. The Morgan fingerprint density at radius 1 is 1.43 bits per heavy atom. The average Bonchev–Trinajstić information content (AvgIpc) is 2.17. The zero-order chi connectivity index (χ0) is 5.44. The Kier molecular flexibility index (Phi) is 1.02. The van der Waals surface area contributed by atoms with Crippen molar-refractivity contribution in [3.63, 3.8) is 0 Å². The molecule has 0 saturated heterocycles. The molecule has 1 aliphatic carbocycles. The normalized spacial score (nSPS) is 38.1. The van der Waals surface area contributed by atoms with Crippen molar-refractivity contribution >= 4 is 0 Å². The van der Waals surface area contributed by atoms with Crippen molar-refractivity contribution in [2.75, 3.05) is 0 Å². The standard InChI is InChI=1S/C7H13/c1-5(2)7-4-6(7)3/h6-7H,4H2,1-3H3/q+1. The van der Waals surface area contributed by atoms with Gasteiger partial charge in [-0.3, -0.25) is 0 Å². The SMILES string of the molecule is C[C+](C)C1CC1C. The first-order valence-electron chi connectivity index (χ1n) is 3.02. The summed E-state index contributed by atoms with van der Waals surface area (Å²) < 4.78 is 0. The maximum atomic E-state index is 2.32. The molecule has 0 amide bonds. The van der Waals surface area contributed by atoms with E-state index in [1.54, 1.807) is 5.92 Å². The summed E-state index contributed by atoms with van der Waals surface area (Å²) in [6.07, 6.45) is 1.45. The molecule has 1 saturated carbocycles. The van der Waals surface area contributed by atoms with Crippen LogP contribution in [0.1, 0.15) is 27.2 Å². The molecule has 2 atom stereocenters. The van der Waals surface area contributed by atoms with Crippen molar-refractivity contribution in [2.24, 2.45) is 11.8 Å². The van der Waals surface area contributed by atoms with Gasteiger partial charge in [0.2, 0.25) is 0 Å². The summed E-state index contributed by atoms with van der Waals surface area (Å²) in [7, 11) is 0. The Balaban J connectivity index is 2.20. The van der Waals surface area contributed by atoms with Crippen LogP contribution in [0.3, 0.4) is 0 Å². The lowest BCUT2D eigenvalue weighted by atomic mass is 10.1. The molecular formula is C7H13+. The van der Waals surface area contributed by atoms with Gasteiger partial charge in [0.1, 0.15) is 5.92 Å². The van der Waals surface area contributed by atoms with Gasteiger partial charge in [0, 0.05) is 5.92 Å². The van der Waals surface area contributed by atoms with Crippen molar-refractivity contribution in [3.05, 3.63) is 5.92 Å². The van der Waals surface area contributed by atoms with Gasteiger partial charge in [-0.15, -0.1) is 0 Å². The molecule has 1 rings (SSSR count). The van der Waals surface area contributed by atoms with E-state index in [4.69, 9.17) is 0 Å². The molecule has 0 radical (unpaired) electrons. The highest BCUT2D eigenvalue weighted by Gasteiger charge is 2.43. The highest BCUT2D eigenvalue weighted by Crippen LogP contribution is 2.44. The van der Waals surface area contributed by atoms with Crippen LogP contribution in [0.5, 0.6) is 0 Å². The Hall–Kier alpha value is -0.130. The van der Waals surface area contributed by atoms with E-state index >= 15 is 0 Å². The molecule has 0 bridgehead atoms. The van der Waals surface area contributed by atoms with E-state index in [1.165, 1.54) is 6.42 Å². The van der Waals surface area contributed by atoms with E-state index < -0.39 is 0 Å². The molecule has 0 N–H and O–H groups in total. The van der Waals surface area contributed by atoms with Gasteiger partial charge in [-0.1, -0.05) is 6.92 Å². The van der Waals surface area contributed by atoms with Gasteiger partial charge in [0.15, 0.2) is 0 Å². The Labute approximate surface area is 45.9 Å². The van der Waals surface area contributed by atoms with Crippen LogP contribution in [-0.2, 0) is 0 Å². The van der Waals surface area contributed by atoms with Gasteiger partial charge in [0.25, 0.3) is 0 Å². The van der Waals surface area contributed by atoms with Crippen LogP contribution >= 0.6 is 0 Å². The van der Waals surface area contributed by atoms with Crippen molar-refractivity contribution in [1.29, 1.82) is 0 Å². The van der Waals surface area contributed by atoms with Crippen LogP contribution in [0.2, 0.25) is 0 Å². The van der Waals surface area contributed by atoms with Crippen LogP contribution in [-0.4, -0.2) is 0 Å². The third-order valence-corrected chi connectivity index (χ3v) is 1.85. The molecule has 0 nitrogen and oxygen atoms in total. The molecule has 0 aromatic carbocycles. The number of hydrogen-bond donors (Lipinski definition) is 0. The summed E-state index contributed by atoms with van der Waals surface area (Å²) in [5.74, 6) is 3.61. The van der Waals surface area contributed by atoms with Crippen molar-refractivity contribution < 1.29 is 0 Å². The molecule has 0 aromatic rings. The van der Waals surface area contributed by atoms with E-state index in [2.05, 4.69) is 20.8 Å². The monoisotopic (exact) mass is 97.1 g/mol. The summed E-state index contributed by atoms with van der Waals surface area (Å²) in [5.41, 5.74) is 0. The third-order valence-electron chi connectivity index (χ3n) is 1.85. The molecule has 2 unspecified atom stereocenters. The number of rotatable bonds is 1. The van der Waals surface area contributed by atoms with Gasteiger partial charge >= 0.3 is 0 Å². The van der Waals surface area contributed by atoms with Crippen molar-refractivity contribution in [2.45, 2.75) is 27.2 Å². The number of hydrogen-bond acceptors (Lipinski definition) is 0. The molecule has 0 heteroatoms.